The Bertz CT molecular complexity index is 235. The summed E-state index contributed by atoms with van der Waals surface area (Å²) in [7, 11) is 0. The minimum absolute atomic E-state index is 0.188. The molecule has 1 fully saturated rings. The summed E-state index contributed by atoms with van der Waals surface area (Å²) < 4.78 is 10.7. The first-order chi connectivity index (χ1) is 7.37. The van der Waals surface area contributed by atoms with Crippen LogP contribution in [-0.4, -0.2) is 36.9 Å². The molecular formula is C12H23NO3. The van der Waals surface area contributed by atoms with Gasteiger partial charge in [0.2, 0.25) is 0 Å². The summed E-state index contributed by atoms with van der Waals surface area (Å²) in [6.45, 7) is 8.74. The number of ether oxygens (including phenoxy) is 2. The van der Waals surface area contributed by atoms with Crippen molar-refractivity contribution >= 4 is 5.97 Å². The Morgan fingerprint density at radius 2 is 2.19 bits per heavy atom. The third-order valence-corrected chi connectivity index (χ3v) is 2.44. The van der Waals surface area contributed by atoms with Gasteiger partial charge in [-0.15, -0.1) is 0 Å². The van der Waals surface area contributed by atoms with Crippen molar-refractivity contribution in [1.82, 2.24) is 5.32 Å². The highest BCUT2D eigenvalue weighted by Gasteiger charge is 2.21. The Kier molecular flexibility index (Phi) is 4.74. The molecule has 0 aromatic heterocycles. The molecule has 0 radical (unpaired) electrons. The van der Waals surface area contributed by atoms with Gasteiger partial charge in [-0.05, 0) is 40.5 Å². The normalized spacial score (nSPS) is 26.5. The lowest BCUT2D eigenvalue weighted by molar-refractivity contribution is -0.154. The fourth-order valence-corrected chi connectivity index (χ4v) is 1.79. The number of hydrogen-bond donors (Lipinski definition) is 1. The number of nitrogens with one attached hydrogen (secondary N) is 1. The standard InChI is InChI=1S/C12H23NO3/c1-9-7-10(5-6-15-9)13-8-11(14)16-12(2,3)4/h9-10,13H,5-8H2,1-4H3/t9-,10-/m0/s1. The molecular weight excluding hydrogens is 206 g/mol. The molecule has 1 aliphatic rings. The van der Waals surface area contributed by atoms with Gasteiger partial charge >= 0.3 is 5.97 Å². The first kappa shape index (κ1) is 13.5. The number of carbonyl (C=O) groups is 1. The Morgan fingerprint density at radius 3 is 2.75 bits per heavy atom. The quantitative estimate of drug-likeness (QED) is 0.745. The molecule has 94 valence electrons. The molecule has 0 spiro atoms. The number of rotatable bonds is 3. The van der Waals surface area contributed by atoms with Crippen molar-refractivity contribution in [3.05, 3.63) is 0 Å². The smallest absolute Gasteiger partial charge is 0.320 e. The fraction of sp³-hybridized carbons (Fsp3) is 0.917. The Hall–Kier alpha value is -0.610. The van der Waals surface area contributed by atoms with E-state index in [1.807, 2.05) is 20.8 Å². The van der Waals surface area contributed by atoms with Crippen molar-refractivity contribution in [1.29, 1.82) is 0 Å². The molecule has 1 saturated heterocycles. The van der Waals surface area contributed by atoms with E-state index in [2.05, 4.69) is 12.2 Å². The highest BCUT2D eigenvalue weighted by atomic mass is 16.6. The van der Waals surface area contributed by atoms with Crippen molar-refractivity contribution in [2.45, 2.75) is 58.3 Å². The topological polar surface area (TPSA) is 47.6 Å². The maximum absolute atomic E-state index is 11.5. The average Bonchev–Trinajstić information content (AvgIpc) is 2.12. The SMILES string of the molecule is C[C@H]1C[C@@H](NCC(=O)OC(C)(C)C)CCO1. The molecule has 1 heterocycles. The van der Waals surface area contributed by atoms with Gasteiger partial charge in [-0.2, -0.15) is 0 Å². The predicted molar refractivity (Wildman–Crippen MR) is 62.3 cm³/mol. The molecule has 0 bridgehead atoms. The van der Waals surface area contributed by atoms with Gasteiger partial charge in [0.15, 0.2) is 0 Å². The van der Waals surface area contributed by atoms with Crippen molar-refractivity contribution in [3.63, 3.8) is 0 Å². The van der Waals surface area contributed by atoms with Crippen molar-refractivity contribution in [2.24, 2.45) is 0 Å². The second-order valence-electron chi connectivity index (χ2n) is 5.37. The Morgan fingerprint density at radius 1 is 1.50 bits per heavy atom. The maximum atomic E-state index is 11.5. The minimum atomic E-state index is -0.401. The van der Waals surface area contributed by atoms with Crippen LogP contribution in [-0.2, 0) is 14.3 Å². The highest BCUT2D eigenvalue weighted by molar-refractivity contribution is 5.72. The van der Waals surface area contributed by atoms with Gasteiger partial charge in [0, 0.05) is 12.6 Å². The van der Waals surface area contributed by atoms with E-state index in [0.29, 0.717) is 6.04 Å². The second kappa shape index (κ2) is 5.64. The molecule has 16 heavy (non-hydrogen) atoms. The molecule has 1 rings (SSSR count). The third-order valence-electron chi connectivity index (χ3n) is 2.44. The Balaban J connectivity index is 2.21. The monoisotopic (exact) mass is 229 g/mol. The lowest BCUT2D eigenvalue weighted by Gasteiger charge is -2.28. The minimum Gasteiger partial charge on any atom is -0.459 e. The zero-order chi connectivity index (χ0) is 12.2. The van der Waals surface area contributed by atoms with Crippen LogP contribution in [0, 0.1) is 0 Å². The molecule has 0 amide bonds. The predicted octanol–water partition coefficient (Wildman–Crippen LogP) is 1.49. The first-order valence-electron chi connectivity index (χ1n) is 5.93. The summed E-state index contributed by atoms with van der Waals surface area (Å²) in [4.78, 5) is 11.5. The maximum Gasteiger partial charge on any atom is 0.320 e. The zero-order valence-corrected chi connectivity index (χ0v) is 10.7. The third kappa shape index (κ3) is 5.47. The molecule has 1 N–H and O–H groups in total. The van der Waals surface area contributed by atoms with Crippen LogP contribution >= 0.6 is 0 Å². The van der Waals surface area contributed by atoms with Gasteiger partial charge in [-0.3, -0.25) is 4.79 Å². The zero-order valence-electron chi connectivity index (χ0n) is 10.7. The van der Waals surface area contributed by atoms with Crippen LogP contribution < -0.4 is 5.32 Å². The summed E-state index contributed by atoms with van der Waals surface area (Å²) in [6.07, 6.45) is 2.21. The molecule has 2 atom stereocenters. The van der Waals surface area contributed by atoms with Crippen LogP contribution in [0.15, 0.2) is 0 Å². The van der Waals surface area contributed by atoms with Crippen LogP contribution in [0.1, 0.15) is 40.5 Å². The van der Waals surface area contributed by atoms with Gasteiger partial charge in [0.05, 0.1) is 12.6 Å². The van der Waals surface area contributed by atoms with E-state index in [-0.39, 0.29) is 18.6 Å². The summed E-state index contributed by atoms with van der Waals surface area (Å²) >= 11 is 0. The van der Waals surface area contributed by atoms with E-state index in [1.54, 1.807) is 0 Å². The van der Waals surface area contributed by atoms with Gasteiger partial charge in [-0.25, -0.2) is 0 Å². The van der Waals surface area contributed by atoms with Gasteiger partial charge in [-0.1, -0.05) is 0 Å². The van der Waals surface area contributed by atoms with E-state index in [0.717, 1.165) is 19.4 Å². The van der Waals surface area contributed by atoms with Crippen molar-refractivity contribution in [2.75, 3.05) is 13.2 Å². The highest BCUT2D eigenvalue weighted by Crippen LogP contribution is 2.13. The lowest BCUT2D eigenvalue weighted by atomic mass is 10.0. The number of carbonyl (C=O) groups excluding carboxylic acids is 1. The van der Waals surface area contributed by atoms with Crippen LogP contribution in [0.2, 0.25) is 0 Å². The molecule has 0 aliphatic carbocycles. The molecule has 4 heteroatoms. The van der Waals surface area contributed by atoms with Crippen LogP contribution in [0.5, 0.6) is 0 Å². The second-order valence-corrected chi connectivity index (χ2v) is 5.37. The summed E-state index contributed by atoms with van der Waals surface area (Å²) in [6, 6.07) is 0.372. The molecule has 0 aromatic rings. The van der Waals surface area contributed by atoms with Crippen molar-refractivity contribution in [3.8, 4) is 0 Å². The summed E-state index contributed by atoms with van der Waals surface area (Å²) in [5, 5.41) is 3.22. The largest absolute Gasteiger partial charge is 0.459 e. The molecule has 0 saturated carbocycles. The lowest BCUT2D eigenvalue weighted by Crippen LogP contribution is -2.41. The van der Waals surface area contributed by atoms with Crippen LogP contribution in [0.3, 0.4) is 0 Å². The Labute approximate surface area is 97.7 Å². The van der Waals surface area contributed by atoms with E-state index in [4.69, 9.17) is 9.47 Å². The average molecular weight is 229 g/mol. The van der Waals surface area contributed by atoms with E-state index < -0.39 is 5.60 Å². The molecule has 4 nitrogen and oxygen atoms in total. The van der Waals surface area contributed by atoms with E-state index in [1.165, 1.54) is 0 Å². The number of esters is 1. The van der Waals surface area contributed by atoms with E-state index >= 15 is 0 Å². The first-order valence-corrected chi connectivity index (χ1v) is 5.93. The summed E-state index contributed by atoms with van der Waals surface area (Å²) in [5.74, 6) is -0.188. The molecule has 1 aliphatic heterocycles. The van der Waals surface area contributed by atoms with E-state index in [9.17, 15) is 4.79 Å². The summed E-state index contributed by atoms with van der Waals surface area (Å²) in [5.41, 5.74) is -0.401. The number of hydrogen-bond acceptors (Lipinski definition) is 4. The molecule has 0 aromatic carbocycles. The van der Waals surface area contributed by atoms with Crippen molar-refractivity contribution < 1.29 is 14.3 Å². The van der Waals surface area contributed by atoms with Gasteiger partial charge in [0.1, 0.15) is 5.60 Å². The molecule has 0 unspecified atom stereocenters. The van der Waals surface area contributed by atoms with Crippen LogP contribution in [0.4, 0.5) is 0 Å². The van der Waals surface area contributed by atoms with Crippen LogP contribution in [0.25, 0.3) is 0 Å². The fourth-order valence-electron chi connectivity index (χ4n) is 1.79. The van der Waals surface area contributed by atoms with Gasteiger partial charge < -0.3 is 14.8 Å². The van der Waals surface area contributed by atoms with Gasteiger partial charge in [0.25, 0.3) is 0 Å².